The second kappa shape index (κ2) is 7.63. The first-order chi connectivity index (χ1) is 13.2. The van der Waals surface area contributed by atoms with Gasteiger partial charge in [0.25, 0.3) is 5.91 Å². The molecule has 0 saturated heterocycles. The third-order valence-corrected chi connectivity index (χ3v) is 3.68. The molecule has 0 aliphatic carbocycles. The lowest BCUT2D eigenvalue weighted by Crippen LogP contribution is -2.13. The predicted molar refractivity (Wildman–Crippen MR) is 93.3 cm³/mol. The molecule has 2 N–H and O–H groups in total. The predicted octanol–water partition coefficient (Wildman–Crippen LogP) is 5.37. The summed E-state index contributed by atoms with van der Waals surface area (Å²) in [4.78, 5) is 16.2. The van der Waals surface area contributed by atoms with Crippen LogP contribution in [0.5, 0.6) is 0 Å². The Morgan fingerprint density at radius 2 is 1.61 bits per heavy atom. The van der Waals surface area contributed by atoms with Crippen LogP contribution in [0.15, 0.2) is 60.9 Å². The van der Waals surface area contributed by atoms with Crippen LogP contribution in [-0.2, 0) is 6.18 Å². The van der Waals surface area contributed by atoms with Crippen LogP contribution in [0.4, 0.5) is 39.0 Å². The first-order valence-electron chi connectivity index (χ1n) is 7.88. The summed E-state index contributed by atoms with van der Waals surface area (Å²) < 4.78 is 64.4. The second-order valence-electron chi connectivity index (χ2n) is 5.74. The van der Waals surface area contributed by atoms with Gasteiger partial charge in [0.1, 0.15) is 11.6 Å². The number of rotatable bonds is 4. The molecule has 0 radical (unpaired) electrons. The highest BCUT2D eigenvalue weighted by atomic mass is 19.4. The fourth-order valence-electron chi connectivity index (χ4n) is 2.32. The van der Waals surface area contributed by atoms with Gasteiger partial charge in [-0.2, -0.15) is 13.2 Å². The summed E-state index contributed by atoms with van der Waals surface area (Å²) in [6.07, 6.45) is -1.90. The number of hydrogen-bond acceptors (Lipinski definition) is 3. The van der Waals surface area contributed by atoms with E-state index in [1.165, 1.54) is 24.5 Å². The number of nitrogens with one attached hydrogen (secondary N) is 2. The summed E-state index contributed by atoms with van der Waals surface area (Å²) in [5, 5.41) is 5.12. The summed E-state index contributed by atoms with van der Waals surface area (Å²) in [6, 6.07) is 8.30. The van der Waals surface area contributed by atoms with Crippen molar-refractivity contribution in [2.75, 3.05) is 10.6 Å². The SMILES string of the molecule is O=C(Nc1ccc(C(F)(F)F)cc1)c1cncc(Nc2ccc(F)cc2F)c1. The monoisotopic (exact) mass is 393 g/mol. The van der Waals surface area contributed by atoms with Gasteiger partial charge in [-0.25, -0.2) is 8.78 Å². The van der Waals surface area contributed by atoms with E-state index in [0.29, 0.717) is 6.07 Å². The molecule has 1 heterocycles. The van der Waals surface area contributed by atoms with Gasteiger partial charge in [-0.1, -0.05) is 0 Å². The molecule has 4 nitrogen and oxygen atoms in total. The highest BCUT2D eigenvalue weighted by Gasteiger charge is 2.30. The Bertz CT molecular complexity index is 1000. The van der Waals surface area contributed by atoms with E-state index in [0.717, 1.165) is 30.3 Å². The summed E-state index contributed by atoms with van der Waals surface area (Å²) in [7, 11) is 0. The van der Waals surface area contributed by atoms with Crippen molar-refractivity contribution in [3.05, 3.63) is 83.7 Å². The van der Waals surface area contributed by atoms with Crippen molar-refractivity contribution >= 4 is 23.0 Å². The van der Waals surface area contributed by atoms with Crippen LogP contribution in [0.1, 0.15) is 15.9 Å². The normalized spacial score (nSPS) is 11.2. The minimum atomic E-state index is -4.47. The molecule has 3 rings (SSSR count). The first kappa shape index (κ1) is 19.3. The Morgan fingerprint density at radius 3 is 2.25 bits per heavy atom. The third kappa shape index (κ3) is 4.61. The molecular weight excluding hydrogens is 381 g/mol. The number of pyridine rings is 1. The Morgan fingerprint density at radius 1 is 0.893 bits per heavy atom. The van der Waals surface area contributed by atoms with Crippen LogP contribution in [0.3, 0.4) is 0 Å². The summed E-state index contributed by atoms with van der Waals surface area (Å²) in [5.74, 6) is -2.17. The van der Waals surface area contributed by atoms with Gasteiger partial charge >= 0.3 is 6.18 Å². The van der Waals surface area contributed by atoms with Gasteiger partial charge < -0.3 is 10.6 Å². The van der Waals surface area contributed by atoms with Crippen molar-refractivity contribution in [3.8, 4) is 0 Å². The van der Waals surface area contributed by atoms with E-state index in [2.05, 4.69) is 15.6 Å². The molecule has 0 fully saturated rings. The Kier molecular flexibility index (Phi) is 5.25. The van der Waals surface area contributed by atoms with Crippen LogP contribution >= 0.6 is 0 Å². The molecule has 2 aromatic carbocycles. The van der Waals surface area contributed by atoms with E-state index in [1.807, 2.05) is 0 Å². The lowest BCUT2D eigenvalue weighted by atomic mass is 10.2. The molecule has 9 heteroatoms. The van der Waals surface area contributed by atoms with Gasteiger partial charge in [0.05, 0.1) is 28.7 Å². The van der Waals surface area contributed by atoms with E-state index in [1.54, 1.807) is 0 Å². The van der Waals surface area contributed by atoms with Crippen molar-refractivity contribution in [2.24, 2.45) is 0 Å². The fourth-order valence-corrected chi connectivity index (χ4v) is 2.32. The molecule has 0 spiro atoms. The van der Waals surface area contributed by atoms with E-state index in [4.69, 9.17) is 0 Å². The number of benzene rings is 2. The van der Waals surface area contributed by atoms with Gasteiger partial charge in [-0.05, 0) is 42.5 Å². The highest BCUT2D eigenvalue weighted by Crippen LogP contribution is 2.30. The highest BCUT2D eigenvalue weighted by molar-refractivity contribution is 6.04. The minimum Gasteiger partial charge on any atom is -0.352 e. The maximum absolute atomic E-state index is 13.7. The number of anilines is 3. The fraction of sp³-hybridized carbons (Fsp3) is 0.0526. The zero-order valence-electron chi connectivity index (χ0n) is 14.0. The van der Waals surface area contributed by atoms with E-state index >= 15 is 0 Å². The van der Waals surface area contributed by atoms with E-state index < -0.39 is 29.3 Å². The maximum atomic E-state index is 13.7. The van der Waals surface area contributed by atoms with E-state index in [-0.39, 0.29) is 22.6 Å². The Balaban J connectivity index is 1.73. The molecule has 0 bridgehead atoms. The molecule has 0 aliphatic heterocycles. The Labute approximate surface area is 156 Å². The average Bonchev–Trinajstić information content (AvgIpc) is 2.64. The van der Waals surface area contributed by atoms with Gasteiger partial charge in [-0.15, -0.1) is 0 Å². The van der Waals surface area contributed by atoms with Gasteiger partial charge in [-0.3, -0.25) is 9.78 Å². The molecular formula is C19H12F5N3O. The minimum absolute atomic E-state index is 0.0107. The number of hydrogen-bond donors (Lipinski definition) is 2. The van der Waals surface area contributed by atoms with Crippen LogP contribution < -0.4 is 10.6 Å². The van der Waals surface area contributed by atoms with Crippen LogP contribution in [0, 0.1) is 11.6 Å². The number of carbonyl (C=O) groups excluding carboxylic acids is 1. The average molecular weight is 393 g/mol. The molecule has 144 valence electrons. The van der Waals surface area contributed by atoms with Crippen molar-refractivity contribution in [2.45, 2.75) is 6.18 Å². The van der Waals surface area contributed by atoms with Gasteiger partial charge in [0, 0.05) is 18.0 Å². The second-order valence-corrected chi connectivity index (χ2v) is 5.74. The van der Waals surface area contributed by atoms with Crippen LogP contribution in [0.25, 0.3) is 0 Å². The van der Waals surface area contributed by atoms with Gasteiger partial charge in [0.15, 0.2) is 0 Å². The molecule has 28 heavy (non-hydrogen) atoms. The topological polar surface area (TPSA) is 54.0 Å². The largest absolute Gasteiger partial charge is 0.416 e. The smallest absolute Gasteiger partial charge is 0.352 e. The zero-order valence-corrected chi connectivity index (χ0v) is 14.0. The number of alkyl halides is 3. The van der Waals surface area contributed by atoms with Crippen LogP contribution in [0.2, 0.25) is 0 Å². The summed E-state index contributed by atoms with van der Waals surface area (Å²) >= 11 is 0. The molecule has 0 saturated carbocycles. The summed E-state index contributed by atoms with van der Waals surface area (Å²) in [5.41, 5.74) is -0.317. The molecule has 3 aromatic rings. The molecule has 0 unspecified atom stereocenters. The van der Waals surface area contributed by atoms with Crippen LogP contribution in [-0.4, -0.2) is 10.9 Å². The number of carbonyl (C=O) groups is 1. The van der Waals surface area contributed by atoms with Crippen molar-refractivity contribution < 1.29 is 26.7 Å². The quantitative estimate of drug-likeness (QED) is 0.586. The molecule has 0 aliphatic rings. The number of amides is 1. The number of nitrogens with zero attached hydrogens (tertiary/aromatic N) is 1. The van der Waals surface area contributed by atoms with E-state index in [9.17, 15) is 26.7 Å². The van der Waals surface area contributed by atoms with Gasteiger partial charge in [0.2, 0.25) is 0 Å². The number of aromatic nitrogens is 1. The molecule has 1 aromatic heterocycles. The van der Waals surface area contributed by atoms with Crippen molar-refractivity contribution in [1.29, 1.82) is 0 Å². The standard InChI is InChI=1S/C19H12F5N3O/c20-13-3-6-17(16(21)8-13)26-15-7-11(9-25-10-15)18(28)27-14-4-1-12(2-5-14)19(22,23)24/h1-10,26H,(H,27,28). The molecule has 0 atom stereocenters. The first-order valence-corrected chi connectivity index (χ1v) is 7.88. The number of halogens is 5. The lowest BCUT2D eigenvalue weighted by Gasteiger charge is -2.10. The van der Waals surface area contributed by atoms with Crippen molar-refractivity contribution in [1.82, 2.24) is 4.98 Å². The maximum Gasteiger partial charge on any atom is 0.416 e. The van der Waals surface area contributed by atoms with Crippen molar-refractivity contribution in [3.63, 3.8) is 0 Å². The lowest BCUT2D eigenvalue weighted by molar-refractivity contribution is -0.137. The summed E-state index contributed by atoms with van der Waals surface area (Å²) in [6.45, 7) is 0. The third-order valence-electron chi connectivity index (χ3n) is 3.68. The molecule has 1 amide bonds. The Hall–Kier alpha value is -3.49. The zero-order chi connectivity index (χ0) is 20.3.